The number of aromatic nitrogens is 1. The lowest BCUT2D eigenvalue weighted by atomic mass is 10.3. The molecule has 2 heterocycles. The number of amides is 2. The van der Waals surface area contributed by atoms with E-state index in [-0.39, 0.29) is 11.8 Å². The zero-order chi connectivity index (χ0) is 15.2. The average Bonchev–Trinajstić information content (AvgIpc) is 2.89. The zero-order valence-electron chi connectivity index (χ0n) is 12.3. The van der Waals surface area contributed by atoms with Gasteiger partial charge in [-0.1, -0.05) is 0 Å². The lowest BCUT2D eigenvalue weighted by Gasteiger charge is -2.26. The van der Waals surface area contributed by atoms with Crippen LogP contribution in [0.25, 0.3) is 0 Å². The number of hydrogen-bond acceptors (Lipinski definition) is 4. The molecule has 1 fully saturated rings. The Morgan fingerprint density at radius 2 is 2.10 bits per heavy atom. The first-order chi connectivity index (χ1) is 10.1. The number of carbonyl (C=O) groups is 2. The van der Waals surface area contributed by atoms with Gasteiger partial charge in [-0.2, -0.15) is 0 Å². The Kier molecular flexibility index (Phi) is 5.21. The molecule has 2 amide bonds. The quantitative estimate of drug-likeness (QED) is 0.804. The number of ether oxygens (including phenoxy) is 1. The smallest absolute Gasteiger partial charge is 0.267 e. The van der Waals surface area contributed by atoms with Gasteiger partial charge in [0.15, 0.2) is 0 Å². The Morgan fingerprint density at radius 3 is 2.76 bits per heavy atom. The first-order valence-corrected chi connectivity index (χ1v) is 7.21. The third-order valence-electron chi connectivity index (χ3n) is 3.48. The molecule has 1 aromatic heterocycles. The molecule has 0 aliphatic carbocycles. The molecule has 7 nitrogen and oxygen atoms in total. The molecule has 2 rings (SSSR count). The standard InChI is InChI=1S/C14H22N4O3/c1-2-17-10-11(15)9-12(17)14(20)16-4-3-13(19)18-5-7-21-8-6-18/h9-10H,2-8,15H2,1H3,(H,16,20). The van der Waals surface area contributed by atoms with E-state index in [1.807, 2.05) is 6.92 Å². The number of morpholine rings is 1. The molecule has 116 valence electrons. The molecule has 0 saturated carbocycles. The van der Waals surface area contributed by atoms with Gasteiger partial charge in [0.2, 0.25) is 5.91 Å². The Hall–Kier alpha value is -2.02. The van der Waals surface area contributed by atoms with Gasteiger partial charge in [0.25, 0.3) is 5.91 Å². The molecule has 0 unspecified atom stereocenters. The van der Waals surface area contributed by atoms with E-state index in [9.17, 15) is 9.59 Å². The van der Waals surface area contributed by atoms with E-state index in [0.29, 0.717) is 57.2 Å². The van der Waals surface area contributed by atoms with Gasteiger partial charge in [0.1, 0.15) is 5.69 Å². The highest BCUT2D eigenvalue weighted by molar-refractivity contribution is 5.94. The van der Waals surface area contributed by atoms with Gasteiger partial charge in [-0.3, -0.25) is 9.59 Å². The number of aryl methyl sites for hydroxylation is 1. The molecule has 1 aromatic rings. The van der Waals surface area contributed by atoms with Crippen molar-refractivity contribution in [2.24, 2.45) is 0 Å². The normalized spacial score (nSPS) is 15.0. The highest BCUT2D eigenvalue weighted by Gasteiger charge is 2.17. The summed E-state index contributed by atoms with van der Waals surface area (Å²) in [6.07, 6.45) is 2.03. The van der Waals surface area contributed by atoms with Crippen molar-refractivity contribution in [2.75, 3.05) is 38.6 Å². The number of nitrogen functional groups attached to an aromatic ring is 1. The molecule has 0 atom stereocenters. The molecular formula is C14H22N4O3. The maximum atomic E-state index is 12.1. The van der Waals surface area contributed by atoms with Crippen LogP contribution in [0, 0.1) is 0 Å². The summed E-state index contributed by atoms with van der Waals surface area (Å²) < 4.78 is 6.99. The molecule has 0 radical (unpaired) electrons. The summed E-state index contributed by atoms with van der Waals surface area (Å²) in [5.41, 5.74) is 6.78. The van der Waals surface area contributed by atoms with Crippen molar-refractivity contribution in [3.63, 3.8) is 0 Å². The van der Waals surface area contributed by atoms with Crippen molar-refractivity contribution in [3.8, 4) is 0 Å². The number of rotatable bonds is 5. The fraction of sp³-hybridized carbons (Fsp3) is 0.571. The molecule has 7 heteroatoms. The molecule has 1 aliphatic heterocycles. The second kappa shape index (κ2) is 7.12. The van der Waals surface area contributed by atoms with E-state index in [4.69, 9.17) is 10.5 Å². The summed E-state index contributed by atoms with van der Waals surface area (Å²) in [5.74, 6) is -0.160. The number of anilines is 1. The first kappa shape index (κ1) is 15.4. The summed E-state index contributed by atoms with van der Waals surface area (Å²) in [6, 6.07) is 1.64. The number of hydrogen-bond donors (Lipinski definition) is 2. The van der Waals surface area contributed by atoms with Gasteiger partial charge >= 0.3 is 0 Å². The number of carbonyl (C=O) groups excluding carboxylic acids is 2. The summed E-state index contributed by atoms with van der Waals surface area (Å²) in [5, 5.41) is 2.76. The van der Waals surface area contributed by atoms with Crippen molar-refractivity contribution in [1.29, 1.82) is 0 Å². The Bertz CT molecular complexity index is 506. The lowest BCUT2D eigenvalue weighted by molar-refractivity contribution is -0.135. The molecule has 0 bridgehead atoms. The molecule has 3 N–H and O–H groups in total. The maximum Gasteiger partial charge on any atom is 0.267 e. The minimum Gasteiger partial charge on any atom is -0.397 e. The SMILES string of the molecule is CCn1cc(N)cc1C(=O)NCCC(=O)N1CCOCC1. The van der Waals surface area contributed by atoms with E-state index in [1.165, 1.54) is 0 Å². The van der Waals surface area contributed by atoms with Gasteiger partial charge < -0.3 is 25.3 Å². The van der Waals surface area contributed by atoms with E-state index >= 15 is 0 Å². The van der Waals surface area contributed by atoms with Crippen LogP contribution in [-0.4, -0.2) is 54.1 Å². The minimum atomic E-state index is -0.205. The van der Waals surface area contributed by atoms with Crippen molar-refractivity contribution >= 4 is 17.5 Å². The summed E-state index contributed by atoms with van der Waals surface area (Å²) in [7, 11) is 0. The second-order valence-electron chi connectivity index (χ2n) is 4.94. The third-order valence-corrected chi connectivity index (χ3v) is 3.48. The van der Waals surface area contributed by atoms with Crippen LogP contribution in [0.1, 0.15) is 23.8 Å². The second-order valence-corrected chi connectivity index (χ2v) is 4.94. The van der Waals surface area contributed by atoms with Crippen molar-refractivity contribution in [1.82, 2.24) is 14.8 Å². The molecule has 21 heavy (non-hydrogen) atoms. The Balaban J connectivity index is 1.79. The van der Waals surface area contributed by atoms with Crippen LogP contribution in [0.3, 0.4) is 0 Å². The predicted octanol–water partition coefficient (Wildman–Crippen LogP) is 0.0689. The van der Waals surface area contributed by atoms with Gasteiger partial charge in [-0.05, 0) is 13.0 Å². The van der Waals surface area contributed by atoms with Crippen molar-refractivity contribution in [3.05, 3.63) is 18.0 Å². The highest BCUT2D eigenvalue weighted by Crippen LogP contribution is 2.10. The first-order valence-electron chi connectivity index (χ1n) is 7.21. The Morgan fingerprint density at radius 1 is 1.38 bits per heavy atom. The van der Waals surface area contributed by atoms with E-state index in [1.54, 1.807) is 21.7 Å². The van der Waals surface area contributed by atoms with Crippen molar-refractivity contribution in [2.45, 2.75) is 19.9 Å². The van der Waals surface area contributed by atoms with Gasteiger partial charge in [0, 0.05) is 38.8 Å². The fourth-order valence-electron chi connectivity index (χ4n) is 2.33. The highest BCUT2D eigenvalue weighted by atomic mass is 16.5. The average molecular weight is 294 g/mol. The number of nitrogens with one attached hydrogen (secondary N) is 1. The van der Waals surface area contributed by atoms with Crippen LogP contribution in [0.2, 0.25) is 0 Å². The molecular weight excluding hydrogens is 272 g/mol. The zero-order valence-corrected chi connectivity index (χ0v) is 12.3. The van der Waals surface area contributed by atoms with E-state index in [2.05, 4.69) is 5.32 Å². The van der Waals surface area contributed by atoms with E-state index in [0.717, 1.165) is 0 Å². The monoisotopic (exact) mass is 294 g/mol. The van der Waals surface area contributed by atoms with Crippen LogP contribution >= 0.6 is 0 Å². The molecule has 0 aromatic carbocycles. The molecule has 1 aliphatic rings. The summed E-state index contributed by atoms with van der Waals surface area (Å²) >= 11 is 0. The predicted molar refractivity (Wildman–Crippen MR) is 78.9 cm³/mol. The van der Waals surface area contributed by atoms with Crippen LogP contribution < -0.4 is 11.1 Å². The Labute approximate surface area is 124 Å². The van der Waals surface area contributed by atoms with E-state index < -0.39 is 0 Å². The lowest BCUT2D eigenvalue weighted by Crippen LogP contribution is -2.42. The minimum absolute atomic E-state index is 0.0454. The molecule has 1 saturated heterocycles. The van der Waals surface area contributed by atoms with Crippen LogP contribution in [0.4, 0.5) is 5.69 Å². The van der Waals surface area contributed by atoms with Gasteiger partial charge in [-0.15, -0.1) is 0 Å². The topological polar surface area (TPSA) is 89.6 Å². The largest absolute Gasteiger partial charge is 0.397 e. The van der Waals surface area contributed by atoms with Crippen LogP contribution in [0.15, 0.2) is 12.3 Å². The van der Waals surface area contributed by atoms with Crippen molar-refractivity contribution < 1.29 is 14.3 Å². The number of nitrogens with two attached hydrogens (primary N) is 1. The number of nitrogens with zero attached hydrogens (tertiary/aromatic N) is 2. The third kappa shape index (κ3) is 3.98. The fourth-order valence-corrected chi connectivity index (χ4v) is 2.33. The van der Waals surface area contributed by atoms with Gasteiger partial charge in [0.05, 0.1) is 18.9 Å². The van der Waals surface area contributed by atoms with Crippen LogP contribution in [0.5, 0.6) is 0 Å². The van der Waals surface area contributed by atoms with Crippen LogP contribution in [-0.2, 0) is 16.1 Å². The summed E-state index contributed by atoms with van der Waals surface area (Å²) in [6.45, 7) is 5.36. The summed E-state index contributed by atoms with van der Waals surface area (Å²) in [4.78, 5) is 25.8. The molecule has 0 spiro atoms. The van der Waals surface area contributed by atoms with Gasteiger partial charge in [-0.25, -0.2) is 0 Å². The maximum absolute atomic E-state index is 12.1.